The van der Waals surface area contributed by atoms with Crippen LogP contribution in [0.2, 0.25) is 0 Å². The normalized spacial score (nSPS) is 23.4. The number of ether oxygens (including phenoxy) is 1. The van der Waals surface area contributed by atoms with Crippen LogP contribution in [-0.2, 0) is 6.54 Å². The summed E-state index contributed by atoms with van der Waals surface area (Å²) in [5.41, 5.74) is 1.16. The van der Waals surface area contributed by atoms with E-state index in [2.05, 4.69) is 40.7 Å². The monoisotopic (exact) mass is 370 g/mol. The molecule has 5 nitrogen and oxygen atoms in total. The molecule has 2 N–H and O–H groups in total. The Labute approximate surface area is 163 Å². The quantitative estimate of drug-likeness (QED) is 0.518. The number of benzene rings is 1. The molecular formula is C22H34N4O. The van der Waals surface area contributed by atoms with E-state index in [1.165, 1.54) is 45.2 Å². The molecular weight excluding hydrogens is 336 g/mol. The molecule has 148 valence electrons. The zero-order valence-electron chi connectivity index (χ0n) is 16.6. The summed E-state index contributed by atoms with van der Waals surface area (Å²) in [6.07, 6.45) is 6.75. The molecule has 2 saturated carbocycles. The molecule has 5 heteroatoms. The SMILES string of the molecule is CCNC(=NCc1ccccc1OCC1CC1)NCC1CCN(C2CC2)C1. The van der Waals surface area contributed by atoms with E-state index in [1.54, 1.807) is 0 Å². The predicted octanol–water partition coefficient (Wildman–Crippen LogP) is 3.01. The third-order valence-corrected chi connectivity index (χ3v) is 5.83. The lowest BCUT2D eigenvalue weighted by Crippen LogP contribution is -2.40. The van der Waals surface area contributed by atoms with E-state index in [4.69, 9.17) is 9.73 Å². The smallest absolute Gasteiger partial charge is 0.191 e. The number of rotatable bonds is 9. The van der Waals surface area contributed by atoms with Crippen molar-refractivity contribution in [1.29, 1.82) is 0 Å². The number of para-hydroxylation sites is 1. The largest absolute Gasteiger partial charge is 0.493 e. The fourth-order valence-electron chi connectivity index (χ4n) is 3.81. The van der Waals surface area contributed by atoms with Crippen LogP contribution in [0.25, 0.3) is 0 Å². The van der Waals surface area contributed by atoms with E-state index in [0.29, 0.717) is 6.54 Å². The minimum atomic E-state index is 0.648. The topological polar surface area (TPSA) is 48.9 Å². The summed E-state index contributed by atoms with van der Waals surface area (Å²) >= 11 is 0. The zero-order chi connectivity index (χ0) is 18.5. The average Bonchev–Trinajstić information content (AvgIpc) is 3.62. The second-order valence-electron chi connectivity index (χ2n) is 8.32. The van der Waals surface area contributed by atoms with E-state index in [9.17, 15) is 0 Å². The van der Waals surface area contributed by atoms with Crippen LogP contribution in [0.3, 0.4) is 0 Å². The van der Waals surface area contributed by atoms with Crippen LogP contribution in [0.4, 0.5) is 0 Å². The molecule has 1 unspecified atom stereocenters. The van der Waals surface area contributed by atoms with Crippen molar-refractivity contribution in [3.05, 3.63) is 29.8 Å². The summed E-state index contributed by atoms with van der Waals surface area (Å²) in [5.74, 6) is 3.41. The van der Waals surface area contributed by atoms with Gasteiger partial charge in [-0.3, -0.25) is 0 Å². The lowest BCUT2D eigenvalue weighted by atomic mass is 10.1. The van der Waals surface area contributed by atoms with Crippen LogP contribution >= 0.6 is 0 Å². The van der Waals surface area contributed by atoms with Gasteiger partial charge in [0.05, 0.1) is 13.2 Å². The second kappa shape index (κ2) is 8.96. The first-order chi connectivity index (χ1) is 13.3. The van der Waals surface area contributed by atoms with Gasteiger partial charge in [0.15, 0.2) is 5.96 Å². The van der Waals surface area contributed by atoms with Crippen LogP contribution < -0.4 is 15.4 Å². The van der Waals surface area contributed by atoms with Crippen LogP contribution in [0.15, 0.2) is 29.3 Å². The Balaban J connectivity index is 1.29. The number of nitrogens with zero attached hydrogens (tertiary/aromatic N) is 2. The van der Waals surface area contributed by atoms with Gasteiger partial charge in [0.1, 0.15) is 5.75 Å². The van der Waals surface area contributed by atoms with Gasteiger partial charge in [0.25, 0.3) is 0 Å². The zero-order valence-corrected chi connectivity index (χ0v) is 16.6. The van der Waals surface area contributed by atoms with Crippen molar-refractivity contribution >= 4 is 5.96 Å². The third-order valence-electron chi connectivity index (χ3n) is 5.83. The fraction of sp³-hybridized carbons (Fsp3) is 0.682. The van der Waals surface area contributed by atoms with Gasteiger partial charge in [-0.15, -0.1) is 0 Å². The Morgan fingerprint density at radius 2 is 1.96 bits per heavy atom. The summed E-state index contributed by atoms with van der Waals surface area (Å²) < 4.78 is 6.02. The molecule has 1 aromatic rings. The number of nitrogens with one attached hydrogen (secondary N) is 2. The lowest BCUT2D eigenvalue weighted by Gasteiger charge is -2.17. The van der Waals surface area contributed by atoms with Crippen molar-refractivity contribution in [2.45, 2.75) is 51.6 Å². The number of hydrogen-bond acceptors (Lipinski definition) is 3. The Morgan fingerprint density at radius 1 is 1.11 bits per heavy atom. The van der Waals surface area contributed by atoms with Crippen molar-refractivity contribution in [3.63, 3.8) is 0 Å². The average molecular weight is 371 g/mol. The maximum atomic E-state index is 6.02. The molecule has 3 aliphatic rings. The summed E-state index contributed by atoms with van der Waals surface area (Å²) in [7, 11) is 0. The third kappa shape index (κ3) is 5.61. The summed E-state index contributed by atoms with van der Waals surface area (Å²) in [5, 5.41) is 6.95. The highest BCUT2D eigenvalue weighted by molar-refractivity contribution is 5.79. The van der Waals surface area contributed by atoms with Gasteiger partial charge in [-0.2, -0.15) is 0 Å². The standard InChI is InChI=1S/C22H34N4O/c1-2-23-22(24-13-18-11-12-26(15-18)20-9-10-20)25-14-19-5-3-4-6-21(19)27-16-17-7-8-17/h3-6,17-18,20H,2,7-16H2,1H3,(H2,23,24,25). The Bertz CT molecular complexity index is 639. The van der Waals surface area contributed by atoms with E-state index in [0.717, 1.165) is 54.8 Å². The van der Waals surface area contributed by atoms with Gasteiger partial charge < -0.3 is 20.3 Å². The van der Waals surface area contributed by atoms with Crippen molar-refractivity contribution in [2.75, 3.05) is 32.8 Å². The van der Waals surface area contributed by atoms with E-state index >= 15 is 0 Å². The van der Waals surface area contributed by atoms with Gasteiger partial charge in [0.2, 0.25) is 0 Å². The van der Waals surface area contributed by atoms with Crippen molar-refractivity contribution in [3.8, 4) is 5.75 Å². The Kier molecular flexibility index (Phi) is 6.17. The molecule has 0 bridgehead atoms. The van der Waals surface area contributed by atoms with Gasteiger partial charge in [-0.1, -0.05) is 18.2 Å². The molecule has 1 saturated heterocycles. The highest BCUT2D eigenvalue weighted by Crippen LogP contribution is 2.32. The first-order valence-corrected chi connectivity index (χ1v) is 10.8. The van der Waals surface area contributed by atoms with E-state index < -0.39 is 0 Å². The molecule has 0 spiro atoms. The first-order valence-electron chi connectivity index (χ1n) is 10.8. The molecule has 27 heavy (non-hydrogen) atoms. The van der Waals surface area contributed by atoms with Gasteiger partial charge in [-0.25, -0.2) is 4.99 Å². The molecule has 0 amide bonds. The second-order valence-corrected chi connectivity index (χ2v) is 8.32. The van der Waals surface area contributed by atoms with Gasteiger partial charge in [-0.05, 0) is 63.5 Å². The number of hydrogen-bond donors (Lipinski definition) is 2. The highest BCUT2D eigenvalue weighted by atomic mass is 16.5. The van der Waals surface area contributed by atoms with E-state index in [-0.39, 0.29) is 0 Å². The highest BCUT2D eigenvalue weighted by Gasteiger charge is 2.34. The molecule has 1 aliphatic heterocycles. The lowest BCUT2D eigenvalue weighted by molar-refractivity contribution is 0.297. The Morgan fingerprint density at radius 3 is 2.74 bits per heavy atom. The van der Waals surface area contributed by atoms with Crippen LogP contribution in [-0.4, -0.2) is 49.7 Å². The summed E-state index contributed by atoms with van der Waals surface area (Å²) in [4.78, 5) is 7.49. The molecule has 4 rings (SSSR count). The molecule has 1 heterocycles. The Hall–Kier alpha value is -1.75. The van der Waals surface area contributed by atoms with E-state index in [1.807, 2.05) is 6.07 Å². The minimum Gasteiger partial charge on any atom is -0.493 e. The summed E-state index contributed by atoms with van der Waals surface area (Å²) in [6.45, 7) is 8.02. The van der Waals surface area contributed by atoms with Gasteiger partial charge >= 0.3 is 0 Å². The van der Waals surface area contributed by atoms with Crippen molar-refractivity contribution < 1.29 is 4.74 Å². The molecule has 3 fully saturated rings. The van der Waals surface area contributed by atoms with Crippen LogP contribution in [0, 0.1) is 11.8 Å². The maximum absolute atomic E-state index is 6.02. The molecule has 0 radical (unpaired) electrons. The maximum Gasteiger partial charge on any atom is 0.191 e. The number of aliphatic imine (C=N–C) groups is 1. The van der Waals surface area contributed by atoms with Crippen molar-refractivity contribution in [2.24, 2.45) is 16.8 Å². The van der Waals surface area contributed by atoms with Crippen LogP contribution in [0.5, 0.6) is 5.75 Å². The predicted molar refractivity (Wildman–Crippen MR) is 110 cm³/mol. The minimum absolute atomic E-state index is 0.648. The summed E-state index contributed by atoms with van der Waals surface area (Å²) in [6, 6.07) is 9.20. The molecule has 0 aromatic heterocycles. The fourth-order valence-corrected chi connectivity index (χ4v) is 3.81. The van der Waals surface area contributed by atoms with Gasteiger partial charge in [0, 0.05) is 31.2 Å². The molecule has 1 aromatic carbocycles. The first kappa shape index (κ1) is 18.6. The number of guanidine groups is 1. The molecule has 2 aliphatic carbocycles. The molecule has 1 atom stereocenters. The number of likely N-dealkylation sites (tertiary alicyclic amines) is 1. The van der Waals surface area contributed by atoms with Crippen molar-refractivity contribution in [1.82, 2.24) is 15.5 Å². The van der Waals surface area contributed by atoms with Crippen LogP contribution in [0.1, 0.15) is 44.6 Å².